The van der Waals surface area contributed by atoms with Crippen LogP contribution in [-0.4, -0.2) is 39.6 Å². The molecule has 1 unspecified atom stereocenters. The third kappa shape index (κ3) is 6.30. The van der Waals surface area contributed by atoms with Crippen molar-refractivity contribution in [3.8, 4) is 16.9 Å². The van der Waals surface area contributed by atoms with Crippen molar-refractivity contribution >= 4 is 17.6 Å². The lowest BCUT2D eigenvalue weighted by molar-refractivity contribution is -0.136. The highest BCUT2D eigenvalue weighted by molar-refractivity contribution is 5.95. The zero-order valence-electron chi connectivity index (χ0n) is 21.1. The summed E-state index contributed by atoms with van der Waals surface area (Å²) in [4.78, 5) is 28.3. The van der Waals surface area contributed by atoms with Gasteiger partial charge in [-0.15, -0.1) is 0 Å². The zero-order chi connectivity index (χ0) is 26.2. The van der Waals surface area contributed by atoms with Crippen molar-refractivity contribution in [3.05, 3.63) is 102 Å². The Balaban J connectivity index is 1.58. The minimum atomic E-state index is -0.359. The van der Waals surface area contributed by atoms with Crippen LogP contribution in [0.1, 0.15) is 38.2 Å². The summed E-state index contributed by atoms with van der Waals surface area (Å²) < 4.78 is 15.1. The van der Waals surface area contributed by atoms with Gasteiger partial charge in [-0.1, -0.05) is 74.5 Å². The Kier molecular flexibility index (Phi) is 8.46. The minimum Gasteiger partial charge on any atom is -0.333 e. The Morgan fingerprint density at radius 2 is 1.59 bits per heavy atom. The van der Waals surface area contributed by atoms with E-state index in [1.165, 1.54) is 12.1 Å². The van der Waals surface area contributed by atoms with E-state index < -0.39 is 0 Å². The molecule has 0 saturated carbocycles. The Labute approximate surface area is 216 Å². The highest BCUT2D eigenvalue weighted by Crippen LogP contribution is 2.26. The van der Waals surface area contributed by atoms with Crippen molar-refractivity contribution in [1.82, 2.24) is 14.7 Å². The zero-order valence-corrected chi connectivity index (χ0v) is 21.1. The van der Waals surface area contributed by atoms with Gasteiger partial charge in [0.05, 0.1) is 23.8 Å². The summed E-state index contributed by atoms with van der Waals surface area (Å²) >= 11 is 0. The lowest BCUT2D eigenvalue weighted by atomic mass is 9.95. The molecule has 1 atom stereocenters. The molecule has 0 aliphatic heterocycles. The van der Waals surface area contributed by atoms with Crippen LogP contribution in [0.3, 0.4) is 0 Å². The standard InChI is InChI=1S/C30H31FN4O2/c1-3-19-34(30(37)26(4-2)22-11-7-5-8-12-22)21-29(36)32-28-20-27(23-13-9-6-10-14-23)33-35(28)25-17-15-24(31)16-18-25/h5-18,20,26H,3-4,19,21H2,1-2H3,(H,32,36). The Morgan fingerprint density at radius 1 is 0.946 bits per heavy atom. The molecule has 0 fully saturated rings. The highest BCUT2D eigenvalue weighted by Gasteiger charge is 2.26. The fourth-order valence-corrected chi connectivity index (χ4v) is 4.35. The molecule has 1 aromatic heterocycles. The summed E-state index contributed by atoms with van der Waals surface area (Å²) in [6.07, 6.45) is 1.37. The summed E-state index contributed by atoms with van der Waals surface area (Å²) in [6.45, 7) is 4.36. The largest absolute Gasteiger partial charge is 0.333 e. The van der Waals surface area contributed by atoms with Crippen LogP contribution >= 0.6 is 0 Å². The van der Waals surface area contributed by atoms with E-state index in [2.05, 4.69) is 10.4 Å². The SMILES string of the molecule is CCCN(CC(=O)Nc1cc(-c2ccccc2)nn1-c1ccc(F)cc1)C(=O)C(CC)c1ccccc1. The van der Waals surface area contributed by atoms with E-state index >= 15 is 0 Å². The van der Waals surface area contributed by atoms with Crippen LogP contribution < -0.4 is 5.32 Å². The number of carbonyl (C=O) groups excluding carboxylic acids is 2. The number of benzene rings is 3. The van der Waals surface area contributed by atoms with Gasteiger partial charge in [0.25, 0.3) is 0 Å². The molecule has 1 heterocycles. The number of carbonyl (C=O) groups is 2. The van der Waals surface area contributed by atoms with Gasteiger partial charge in [-0.3, -0.25) is 9.59 Å². The van der Waals surface area contributed by atoms with E-state index in [-0.39, 0.29) is 30.1 Å². The van der Waals surface area contributed by atoms with Crippen LogP contribution in [0.5, 0.6) is 0 Å². The molecule has 190 valence electrons. The highest BCUT2D eigenvalue weighted by atomic mass is 19.1. The molecule has 0 aliphatic carbocycles. The molecule has 4 rings (SSSR count). The van der Waals surface area contributed by atoms with Gasteiger partial charge >= 0.3 is 0 Å². The topological polar surface area (TPSA) is 67.2 Å². The average molecular weight is 499 g/mol. The van der Waals surface area contributed by atoms with Crippen LogP contribution in [0.2, 0.25) is 0 Å². The van der Waals surface area contributed by atoms with Crippen LogP contribution in [0.15, 0.2) is 91.0 Å². The third-order valence-electron chi connectivity index (χ3n) is 6.17. The number of aromatic nitrogens is 2. The summed E-state index contributed by atoms with van der Waals surface area (Å²) in [6, 6.07) is 26.9. The Morgan fingerprint density at radius 3 is 2.22 bits per heavy atom. The number of nitrogens with one attached hydrogen (secondary N) is 1. The predicted molar refractivity (Wildman–Crippen MR) is 144 cm³/mol. The molecular formula is C30H31FN4O2. The van der Waals surface area contributed by atoms with Crippen LogP contribution in [-0.2, 0) is 9.59 Å². The number of rotatable bonds is 10. The molecule has 0 spiro atoms. The van der Waals surface area contributed by atoms with E-state index in [0.717, 1.165) is 17.5 Å². The maximum atomic E-state index is 13.6. The second-order valence-electron chi connectivity index (χ2n) is 8.85. The first-order chi connectivity index (χ1) is 18.0. The summed E-state index contributed by atoms with van der Waals surface area (Å²) in [5, 5.41) is 7.59. The van der Waals surface area contributed by atoms with Crippen molar-refractivity contribution in [1.29, 1.82) is 0 Å². The van der Waals surface area contributed by atoms with Gasteiger partial charge in [-0.05, 0) is 42.7 Å². The van der Waals surface area contributed by atoms with E-state index in [4.69, 9.17) is 0 Å². The number of hydrogen-bond donors (Lipinski definition) is 1. The molecule has 7 heteroatoms. The first kappa shape index (κ1) is 25.8. The number of halogens is 1. The fraction of sp³-hybridized carbons (Fsp3) is 0.233. The summed E-state index contributed by atoms with van der Waals surface area (Å²) in [7, 11) is 0. The molecule has 37 heavy (non-hydrogen) atoms. The molecule has 1 N–H and O–H groups in total. The van der Waals surface area contributed by atoms with Gasteiger partial charge in [-0.25, -0.2) is 9.07 Å². The Bertz CT molecular complexity index is 1320. The maximum absolute atomic E-state index is 13.6. The average Bonchev–Trinajstić information content (AvgIpc) is 3.34. The van der Waals surface area contributed by atoms with Crippen molar-refractivity contribution in [2.24, 2.45) is 0 Å². The molecule has 0 bridgehead atoms. The monoisotopic (exact) mass is 498 g/mol. The maximum Gasteiger partial charge on any atom is 0.245 e. The molecule has 0 radical (unpaired) electrons. The molecule has 4 aromatic rings. The van der Waals surface area contributed by atoms with E-state index in [1.54, 1.807) is 27.8 Å². The number of anilines is 1. The van der Waals surface area contributed by atoms with Gasteiger partial charge in [0.15, 0.2) is 0 Å². The van der Waals surface area contributed by atoms with Crippen LogP contribution in [0.25, 0.3) is 16.9 Å². The summed E-state index contributed by atoms with van der Waals surface area (Å²) in [5.41, 5.74) is 3.10. The fourth-order valence-electron chi connectivity index (χ4n) is 4.35. The van der Waals surface area contributed by atoms with Crippen molar-refractivity contribution < 1.29 is 14.0 Å². The quantitative estimate of drug-likeness (QED) is 0.289. The smallest absolute Gasteiger partial charge is 0.245 e. The lowest BCUT2D eigenvalue weighted by Gasteiger charge is -2.26. The molecule has 2 amide bonds. The normalized spacial score (nSPS) is 11.6. The lowest BCUT2D eigenvalue weighted by Crippen LogP contribution is -2.41. The second-order valence-corrected chi connectivity index (χ2v) is 8.85. The van der Waals surface area contributed by atoms with Crippen molar-refractivity contribution in [2.45, 2.75) is 32.6 Å². The number of amides is 2. The van der Waals surface area contributed by atoms with Crippen molar-refractivity contribution in [3.63, 3.8) is 0 Å². The Hall–Kier alpha value is -4.26. The summed E-state index contributed by atoms with van der Waals surface area (Å²) in [5.74, 6) is -0.623. The molecule has 0 saturated heterocycles. The first-order valence-corrected chi connectivity index (χ1v) is 12.5. The van der Waals surface area contributed by atoms with Gasteiger partial charge in [0, 0.05) is 18.2 Å². The minimum absolute atomic E-state index is 0.0669. The second kappa shape index (κ2) is 12.1. The number of hydrogen-bond acceptors (Lipinski definition) is 3. The van der Waals surface area contributed by atoms with E-state index in [1.807, 2.05) is 74.5 Å². The number of nitrogens with zero attached hydrogens (tertiary/aromatic N) is 3. The first-order valence-electron chi connectivity index (χ1n) is 12.5. The molecule has 3 aromatic carbocycles. The van der Waals surface area contributed by atoms with Crippen LogP contribution in [0, 0.1) is 5.82 Å². The molecular weight excluding hydrogens is 467 g/mol. The van der Waals surface area contributed by atoms with E-state index in [0.29, 0.717) is 30.2 Å². The van der Waals surface area contributed by atoms with Crippen LogP contribution in [0.4, 0.5) is 10.2 Å². The van der Waals surface area contributed by atoms with Gasteiger partial charge < -0.3 is 10.2 Å². The van der Waals surface area contributed by atoms with Gasteiger partial charge in [0.1, 0.15) is 11.6 Å². The molecule has 6 nitrogen and oxygen atoms in total. The van der Waals surface area contributed by atoms with Gasteiger partial charge in [0.2, 0.25) is 11.8 Å². The predicted octanol–water partition coefficient (Wildman–Crippen LogP) is 6.05. The van der Waals surface area contributed by atoms with Gasteiger partial charge in [-0.2, -0.15) is 5.10 Å². The molecule has 0 aliphatic rings. The van der Waals surface area contributed by atoms with E-state index in [9.17, 15) is 14.0 Å². The van der Waals surface area contributed by atoms with Crippen molar-refractivity contribution in [2.75, 3.05) is 18.4 Å². The third-order valence-corrected chi connectivity index (χ3v) is 6.17.